The maximum atomic E-state index is 11.9. The number of benzene rings is 1. The van der Waals surface area contributed by atoms with Crippen LogP contribution in [0.3, 0.4) is 0 Å². The van der Waals surface area contributed by atoms with Gasteiger partial charge in [0.25, 0.3) is 0 Å². The van der Waals surface area contributed by atoms with Crippen molar-refractivity contribution in [3.8, 4) is 0 Å². The molecule has 0 spiro atoms. The summed E-state index contributed by atoms with van der Waals surface area (Å²) < 4.78 is 11.9. The van der Waals surface area contributed by atoms with Gasteiger partial charge in [-0.3, -0.25) is 4.21 Å². The molecule has 0 radical (unpaired) electrons. The van der Waals surface area contributed by atoms with E-state index in [4.69, 9.17) is 5.73 Å². The van der Waals surface area contributed by atoms with Gasteiger partial charge in [0, 0.05) is 34.8 Å². The Morgan fingerprint density at radius 2 is 1.88 bits per heavy atom. The van der Waals surface area contributed by atoms with Crippen LogP contribution in [0.5, 0.6) is 0 Å². The Bertz CT molecular complexity index is 337. The second kappa shape index (κ2) is 7.62. The van der Waals surface area contributed by atoms with E-state index in [-0.39, 0.29) is 5.92 Å². The Labute approximate surface area is 107 Å². The van der Waals surface area contributed by atoms with E-state index in [0.29, 0.717) is 18.2 Å². The molecule has 1 aromatic carbocycles. The van der Waals surface area contributed by atoms with Crippen LogP contribution >= 0.6 is 0 Å². The van der Waals surface area contributed by atoms with Crippen LogP contribution in [0.15, 0.2) is 30.3 Å². The van der Waals surface area contributed by atoms with Crippen LogP contribution in [-0.4, -0.2) is 22.3 Å². The second-order valence-electron chi connectivity index (χ2n) is 4.84. The highest BCUT2D eigenvalue weighted by Crippen LogP contribution is 2.16. The van der Waals surface area contributed by atoms with E-state index in [9.17, 15) is 4.21 Å². The SMILES string of the molecule is CC(C)CCS(=O)CC(CN)c1ccccc1. The molecule has 0 saturated carbocycles. The van der Waals surface area contributed by atoms with Crippen LogP contribution in [0.25, 0.3) is 0 Å². The lowest BCUT2D eigenvalue weighted by atomic mass is 10.0. The average molecular weight is 253 g/mol. The van der Waals surface area contributed by atoms with Crippen LogP contribution in [0.1, 0.15) is 31.7 Å². The highest BCUT2D eigenvalue weighted by Gasteiger charge is 2.13. The lowest BCUT2D eigenvalue weighted by molar-refractivity contribution is 0.616. The van der Waals surface area contributed by atoms with Crippen LogP contribution in [0.4, 0.5) is 0 Å². The third kappa shape index (κ3) is 5.46. The summed E-state index contributed by atoms with van der Waals surface area (Å²) in [7, 11) is -0.751. The van der Waals surface area contributed by atoms with E-state index >= 15 is 0 Å². The van der Waals surface area contributed by atoms with Gasteiger partial charge in [0.05, 0.1) is 0 Å². The molecule has 2 unspecified atom stereocenters. The summed E-state index contributed by atoms with van der Waals surface area (Å²) in [4.78, 5) is 0. The molecule has 0 aromatic heterocycles. The van der Waals surface area contributed by atoms with Crippen molar-refractivity contribution in [2.45, 2.75) is 26.2 Å². The van der Waals surface area contributed by atoms with Gasteiger partial charge < -0.3 is 5.73 Å². The molecule has 0 aliphatic carbocycles. The molecular weight excluding hydrogens is 230 g/mol. The zero-order valence-electron chi connectivity index (χ0n) is 10.8. The minimum Gasteiger partial charge on any atom is -0.330 e. The molecule has 0 amide bonds. The van der Waals surface area contributed by atoms with Crippen molar-refractivity contribution in [3.05, 3.63) is 35.9 Å². The highest BCUT2D eigenvalue weighted by atomic mass is 32.2. The third-order valence-electron chi connectivity index (χ3n) is 2.87. The van der Waals surface area contributed by atoms with Crippen molar-refractivity contribution < 1.29 is 4.21 Å². The van der Waals surface area contributed by atoms with Crippen molar-refractivity contribution in [2.75, 3.05) is 18.1 Å². The fraction of sp³-hybridized carbons (Fsp3) is 0.571. The Balaban J connectivity index is 2.50. The largest absolute Gasteiger partial charge is 0.330 e. The number of hydrogen-bond donors (Lipinski definition) is 1. The Morgan fingerprint density at radius 1 is 1.24 bits per heavy atom. The molecule has 0 aliphatic rings. The summed E-state index contributed by atoms with van der Waals surface area (Å²) in [6.07, 6.45) is 1.03. The van der Waals surface area contributed by atoms with E-state index in [2.05, 4.69) is 26.0 Å². The van der Waals surface area contributed by atoms with Crippen molar-refractivity contribution >= 4 is 10.8 Å². The second-order valence-corrected chi connectivity index (χ2v) is 6.46. The van der Waals surface area contributed by atoms with Crippen molar-refractivity contribution in [1.82, 2.24) is 0 Å². The zero-order valence-corrected chi connectivity index (χ0v) is 11.6. The topological polar surface area (TPSA) is 43.1 Å². The summed E-state index contributed by atoms with van der Waals surface area (Å²) in [6, 6.07) is 10.1. The normalized spacial score (nSPS) is 14.8. The van der Waals surface area contributed by atoms with Crippen LogP contribution in [0.2, 0.25) is 0 Å². The molecule has 0 heterocycles. The lowest BCUT2D eigenvalue weighted by Crippen LogP contribution is -2.20. The van der Waals surface area contributed by atoms with Gasteiger partial charge in [-0.2, -0.15) is 0 Å². The van der Waals surface area contributed by atoms with Crippen LogP contribution in [0, 0.1) is 5.92 Å². The number of rotatable bonds is 7. The molecule has 3 heteroatoms. The molecule has 1 rings (SSSR count). The van der Waals surface area contributed by atoms with Gasteiger partial charge in [0.2, 0.25) is 0 Å². The maximum absolute atomic E-state index is 11.9. The van der Waals surface area contributed by atoms with Crippen LogP contribution in [-0.2, 0) is 10.8 Å². The summed E-state index contributed by atoms with van der Waals surface area (Å²) in [6.45, 7) is 4.89. The molecule has 2 atom stereocenters. The van der Waals surface area contributed by atoms with E-state index in [1.165, 1.54) is 5.56 Å². The Hall–Kier alpha value is -0.670. The standard InChI is InChI=1S/C14H23NOS/c1-12(2)8-9-17(16)11-14(10-15)13-6-4-3-5-7-13/h3-7,12,14H,8-11,15H2,1-2H3. The molecule has 0 fully saturated rings. The van der Waals surface area contributed by atoms with Crippen LogP contribution < -0.4 is 5.73 Å². The Morgan fingerprint density at radius 3 is 2.41 bits per heavy atom. The maximum Gasteiger partial charge on any atom is 0.0315 e. The fourth-order valence-corrected chi connectivity index (χ4v) is 3.38. The summed E-state index contributed by atoms with van der Waals surface area (Å²) >= 11 is 0. The third-order valence-corrected chi connectivity index (χ3v) is 4.33. The first-order valence-electron chi connectivity index (χ1n) is 6.23. The van der Waals surface area contributed by atoms with Gasteiger partial charge in [0.1, 0.15) is 0 Å². The van der Waals surface area contributed by atoms with E-state index in [0.717, 1.165) is 12.2 Å². The first-order chi connectivity index (χ1) is 8.13. The molecule has 96 valence electrons. The first kappa shape index (κ1) is 14.4. The molecule has 0 bridgehead atoms. The van der Waals surface area contributed by atoms with E-state index in [1.807, 2.05) is 18.2 Å². The first-order valence-corrected chi connectivity index (χ1v) is 7.72. The molecule has 17 heavy (non-hydrogen) atoms. The van der Waals surface area contributed by atoms with Crippen molar-refractivity contribution in [3.63, 3.8) is 0 Å². The lowest BCUT2D eigenvalue weighted by Gasteiger charge is -2.15. The summed E-state index contributed by atoms with van der Waals surface area (Å²) in [5, 5.41) is 0. The predicted molar refractivity (Wildman–Crippen MR) is 75.6 cm³/mol. The van der Waals surface area contributed by atoms with Gasteiger partial charge in [0.15, 0.2) is 0 Å². The van der Waals surface area contributed by atoms with E-state index in [1.54, 1.807) is 0 Å². The van der Waals surface area contributed by atoms with Crippen molar-refractivity contribution in [1.29, 1.82) is 0 Å². The molecule has 1 aromatic rings. The molecule has 2 nitrogen and oxygen atoms in total. The van der Waals surface area contributed by atoms with E-state index < -0.39 is 10.8 Å². The predicted octanol–water partition coefficient (Wildman–Crippen LogP) is 2.52. The summed E-state index contributed by atoms with van der Waals surface area (Å²) in [5.74, 6) is 2.32. The van der Waals surface area contributed by atoms with Gasteiger partial charge in [-0.15, -0.1) is 0 Å². The van der Waals surface area contributed by atoms with Crippen molar-refractivity contribution in [2.24, 2.45) is 11.7 Å². The number of nitrogens with two attached hydrogens (primary N) is 1. The monoisotopic (exact) mass is 253 g/mol. The summed E-state index contributed by atoms with van der Waals surface area (Å²) in [5.41, 5.74) is 6.98. The van der Waals surface area contributed by atoms with Gasteiger partial charge in [-0.25, -0.2) is 0 Å². The smallest absolute Gasteiger partial charge is 0.0315 e. The zero-order chi connectivity index (χ0) is 12.7. The minimum absolute atomic E-state index is 0.226. The Kier molecular flexibility index (Phi) is 6.45. The van der Waals surface area contributed by atoms with Gasteiger partial charge in [-0.1, -0.05) is 44.2 Å². The molecule has 2 N–H and O–H groups in total. The van der Waals surface area contributed by atoms with Gasteiger partial charge in [-0.05, 0) is 17.9 Å². The number of hydrogen-bond acceptors (Lipinski definition) is 2. The molecule has 0 saturated heterocycles. The molecule has 0 aliphatic heterocycles. The highest BCUT2D eigenvalue weighted by molar-refractivity contribution is 7.85. The van der Waals surface area contributed by atoms with Gasteiger partial charge >= 0.3 is 0 Å². The molecular formula is C14H23NOS. The quantitative estimate of drug-likeness (QED) is 0.811. The average Bonchev–Trinajstić information content (AvgIpc) is 2.34. The fourth-order valence-electron chi connectivity index (χ4n) is 1.70. The minimum atomic E-state index is -0.751.